The highest BCUT2D eigenvalue weighted by Crippen LogP contribution is 2.38. The Bertz CT molecular complexity index is 726. The predicted octanol–water partition coefficient (Wildman–Crippen LogP) is 3.01. The van der Waals surface area contributed by atoms with Gasteiger partial charge in [-0.1, -0.05) is 6.07 Å². The molecular weight excluding hydrogens is 294 g/mol. The van der Waals surface area contributed by atoms with Gasteiger partial charge in [-0.25, -0.2) is 4.79 Å². The summed E-state index contributed by atoms with van der Waals surface area (Å²) in [7, 11) is 0. The van der Waals surface area contributed by atoms with Crippen molar-refractivity contribution in [2.24, 2.45) is 0 Å². The maximum Gasteiger partial charge on any atom is 0.319 e. The maximum atomic E-state index is 12.0. The number of hydrogen-bond donors (Lipinski definition) is 2. The van der Waals surface area contributed by atoms with Gasteiger partial charge in [0.05, 0.1) is 0 Å². The number of anilines is 1. The fraction of sp³-hybridized carbons (Fsp3) is 0.294. The van der Waals surface area contributed by atoms with Crippen LogP contribution in [0.1, 0.15) is 30.0 Å². The van der Waals surface area contributed by atoms with Crippen LogP contribution in [0, 0.1) is 0 Å². The van der Waals surface area contributed by atoms with E-state index in [4.69, 9.17) is 9.47 Å². The normalized spacial score (nSPS) is 15.3. The minimum absolute atomic E-state index is 0.217. The van der Waals surface area contributed by atoms with E-state index >= 15 is 0 Å². The van der Waals surface area contributed by atoms with Crippen LogP contribution in [-0.2, 0) is 6.54 Å². The molecule has 1 fully saturated rings. The average molecular weight is 311 g/mol. The molecule has 0 atom stereocenters. The van der Waals surface area contributed by atoms with E-state index < -0.39 is 0 Å². The van der Waals surface area contributed by atoms with Gasteiger partial charge >= 0.3 is 6.03 Å². The fourth-order valence-corrected chi connectivity index (χ4v) is 2.49. The Balaban J connectivity index is 1.31. The number of carbonyl (C=O) groups is 1. The molecule has 0 unspecified atom stereocenters. The van der Waals surface area contributed by atoms with Gasteiger partial charge in [0.15, 0.2) is 11.5 Å². The van der Waals surface area contributed by atoms with E-state index in [1.807, 2.05) is 18.3 Å². The second-order valence-corrected chi connectivity index (χ2v) is 5.74. The third-order valence-corrected chi connectivity index (χ3v) is 3.93. The average Bonchev–Trinajstić information content (AvgIpc) is 3.31. The van der Waals surface area contributed by atoms with E-state index in [1.165, 1.54) is 12.8 Å². The lowest BCUT2D eigenvalue weighted by Gasteiger charge is -2.08. The molecule has 6 heteroatoms. The number of hydrogen-bond acceptors (Lipinski definition) is 4. The highest BCUT2D eigenvalue weighted by Gasteiger charge is 2.24. The number of nitrogens with one attached hydrogen (secondary N) is 2. The topological polar surface area (TPSA) is 72.5 Å². The minimum Gasteiger partial charge on any atom is -0.454 e. The van der Waals surface area contributed by atoms with Crippen LogP contribution in [0.15, 0.2) is 36.5 Å². The number of carbonyl (C=O) groups excluding carboxylic acids is 1. The van der Waals surface area contributed by atoms with Crippen LogP contribution in [0.5, 0.6) is 11.5 Å². The standard InChI is InChI=1S/C17H17N3O3/c21-17(20-13-4-6-15-16(7-13)23-10-22-15)19-9-11-1-5-14(18-8-11)12-2-3-12/h1,4-8,12H,2-3,9-10H2,(H2,19,20,21). The predicted molar refractivity (Wildman–Crippen MR) is 84.6 cm³/mol. The van der Waals surface area contributed by atoms with Crippen molar-refractivity contribution >= 4 is 11.7 Å². The highest BCUT2D eigenvalue weighted by atomic mass is 16.7. The largest absolute Gasteiger partial charge is 0.454 e. The number of nitrogens with zero attached hydrogens (tertiary/aromatic N) is 1. The van der Waals surface area contributed by atoms with Gasteiger partial charge in [0, 0.05) is 36.1 Å². The molecule has 2 amide bonds. The van der Waals surface area contributed by atoms with Gasteiger partial charge in [0.25, 0.3) is 0 Å². The summed E-state index contributed by atoms with van der Waals surface area (Å²) in [5.41, 5.74) is 2.79. The first kappa shape index (κ1) is 13.9. The molecule has 4 rings (SSSR count). The molecule has 2 aromatic rings. The molecule has 1 saturated carbocycles. The summed E-state index contributed by atoms with van der Waals surface area (Å²) in [4.78, 5) is 16.4. The van der Waals surface area contributed by atoms with Gasteiger partial charge in [0.2, 0.25) is 6.79 Å². The summed E-state index contributed by atoms with van der Waals surface area (Å²) in [5, 5.41) is 5.59. The van der Waals surface area contributed by atoms with Gasteiger partial charge in [-0.2, -0.15) is 0 Å². The molecule has 0 saturated heterocycles. The van der Waals surface area contributed by atoms with Crippen LogP contribution < -0.4 is 20.1 Å². The quantitative estimate of drug-likeness (QED) is 0.910. The zero-order chi connectivity index (χ0) is 15.6. The summed E-state index contributed by atoms with van der Waals surface area (Å²) >= 11 is 0. The van der Waals surface area contributed by atoms with Crippen LogP contribution in [0.25, 0.3) is 0 Å². The Morgan fingerprint density at radius 1 is 1.17 bits per heavy atom. The molecule has 0 spiro atoms. The van der Waals surface area contributed by atoms with Crippen molar-refractivity contribution in [3.8, 4) is 11.5 Å². The summed E-state index contributed by atoms with van der Waals surface area (Å²) in [6.07, 6.45) is 4.31. The second kappa shape index (κ2) is 5.79. The molecule has 1 aromatic heterocycles. The molecule has 1 aliphatic carbocycles. The zero-order valence-corrected chi connectivity index (χ0v) is 12.5. The first-order valence-corrected chi connectivity index (χ1v) is 7.67. The summed E-state index contributed by atoms with van der Waals surface area (Å²) in [6, 6.07) is 9.09. The third kappa shape index (κ3) is 3.21. The number of aromatic nitrogens is 1. The van der Waals surface area contributed by atoms with E-state index in [-0.39, 0.29) is 12.8 Å². The Hall–Kier alpha value is -2.76. The van der Waals surface area contributed by atoms with Gasteiger partial charge in [0.1, 0.15) is 0 Å². The number of fused-ring (bicyclic) bond motifs is 1. The molecule has 2 aliphatic rings. The van der Waals surface area contributed by atoms with E-state index in [1.54, 1.807) is 18.2 Å². The lowest BCUT2D eigenvalue weighted by molar-refractivity contribution is 0.174. The van der Waals surface area contributed by atoms with Crippen molar-refractivity contribution in [3.63, 3.8) is 0 Å². The first-order chi connectivity index (χ1) is 11.3. The van der Waals surface area contributed by atoms with Crippen LogP contribution in [0.2, 0.25) is 0 Å². The van der Waals surface area contributed by atoms with E-state index in [9.17, 15) is 4.79 Å². The van der Waals surface area contributed by atoms with Crippen molar-refractivity contribution < 1.29 is 14.3 Å². The number of amides is 2. The summed E-state index contributed by atoms with van der Waals surface area (Å²) in [5.74, 6) is 1.98. The van der Waals surface area contributed by atoms with Gasteiger partial charge in [-0.05, 0) is 36.6 Å². The maximum absolute atomic E-state index is 12.0. The molecule has 23 heavy (non-hydrogen) atoms. The fourth-order valence-electron chi connectivity index (χ4n) is 2.49. The van der Waals surface area contributed by atoms with Gasteiger partial charge < -0.3 is 20.1 Å². The van der Waals surface area contributed by atoms with Crippen LogP contribution in [0.3, 0.4) is 0 Å². The molecule has 118 valence electrons. The van der Waals surface area contributed by atoms with Crippen molar-refractivity contribution in [1.29, 1.82) is 0 Å². The smallest absolute Gasteiger partial charge is 0.319 e. The van der Waals surface area contributed by atoms with E-state index in [0.717, 1.165) is 11.3 Å². The molecule has 2 N–H and O–H groups in total. The Kier molecular flexibility index (Phi) is 3.49. The Morgan fingerprint density at radius 3 is 2.83 bits per heavy atom. The first-order valence-electron chi connectivity index (χ1n) is 7.67. The van der Waals surface area contributed by atoms with Crippen molar-refractivity contribution in [3.05, 3.63) is 47.8 Å². The molecule has 1 aromatic carbocycles. The highest BCUT2D eigenvalue weighted by molar-refractivity contribution is 5.89. The minimum atomic E-state index is -0.268. The molecular formula is C17H17N3O3. The number of rotatable bonds is 4. The van der Waals surface area contributed by atoms with E-state index in [2.05, 4.69) is 15.6 Å². The van der Waals surface area contributed by atoms with Crippen molar-refractivity contribution in [1.82, 2.24) is 10.3 Å². The molecule has 2 heterocycles. The van der Waals surface area contributed by atoms with Crippen molar-refractivity contribution in [2.75, 3.05) is 12.1 Å². The third-order valence-electron chi connectivity index (χ3n) is 3.93. The molecule has 1 aliphatic heterocycles. The molecule has 0 bridgehead atoms. The SMILES string of the molecule is O=C(NCc1ccc(C2CC2)nc1)Nc1ccc2c(c1)OCO2. The Labute approximate surface area is 133 Å². The lowest BCUT2D eigenvalue weighted by atomic mass is 10.2. The zero-order valence-electron chi connectivity index (χ0n) is 12.5. The van der Waals surface area contributed by atoms with Crippen LogP contribution in [0.4, 0.5) is 10.5 Å². The number of urea groups is 1. The summed E-state index contributed by atoms with van der Waals surface area (Å²) < 4.78 is 10.5. The number of benzene rings is 1. The van der Waals surface area contributed by atoms with Gasteiger partial charge in [-0.3, -0.25) is 4.98 Å². The molecule has 6 nitrogen and oxygen atoms in total. The van der Waals surface area contributed by atoms with Crippen LogP contribution in [-0.4, -0.2) is 17.8 Å². The molecule has 0 radical (unpaired) electrons. The Morgan fingerprint density at radius 2 is 2.04 bits per heavy atom. The number of pyridine rings is 1. The number of ether oxygens (including phenoxy) is 2. The van der Waals surface area contributed by atoms with Crippen LogP contribution >= 0.6 is 0 Å². The monoisotopic (exact) mass is 311 g/mol. The second-order valence-electron chi connectivity index (χ2n) is 5.74. The lowest BCUT2D eigenvalue weighted by Crippen LogP contribution is -2.28. The van der Waals surface area contributed by atoms with Crippen molar-refractivity contribution in [2.45, 2.75) is 25.3 Å². The van der Waals surface area contributed by atoms with E-state index in [0.29, 0.717) is 29.6 Å². The van der Waals surface area contributed by atoms with Gasteiger partial charge in [-0.15, -0.1) is 0 Å². The summed E-state index contributed by atoms with van der Waals surface area (Å²) in [6.45, 7) is 0.656.